The van der Waals surface area contributed by atoms with Crippen LogP contribution in [0.4, 0.5) is 5.69 Å². The van der Waals surface area contributed by atoms with Crippen LogP contribution in [-0.4, -0.2) is 24.4 Å². The maximum absolute atomic E-state index is 12.8. The topological polar surface area (TPSA) is 38.8 Å². The first-order valence-corrected chi connectivity index (χ1v) is 9.31. The van der Waals surface area contributed by atoms with Gasteiger partial charge in [-0.1, -0.05) is 58.1 Å². The summed E-state index contributed by atoms with van der Waals surface area (Å²) < 4.78 is 11.9. The molecule has 0 spiro atoms. The zero-order valence-corrected chi connectivity index (χ0v) is 16.7. The number of thioether (sulfide) groups is 1. The summed E-state index contributed by atoms with van der Waals surface area (Å²) >= 11 is 10.2. The number of anilines is 1. The largest absolute Gasteiger partial charge is 0.493 e. The first kappa shape index (κ1) is 18.0. The van der Waals surface area contributed by atoms with Crippen LogP contribution in [0.15, 0.2) is 51.8 Å². The number of rotatable bonds is 4. The monoisotopic (exact) mass is 435 g/mol. The number of benzene rings is 2. The molecule has 0 unspecified atom stereocenters. The summed E-state index contributed by atoms with van der Waals surface area (Å²) in [5.74, 6) is 1.07. The molecule has 0 saturated carbocycles. The lowest BCUT2D eigenvalue weighted by molar-refractivity contribution is -0.113. The Bertz CT molecular complexity index is 868. The summed E-state index contributed by atoms with van der Waals surface area (Å²) in [5, 5.41) is 0. The second-order valence-electron chi connectivity index (χ2n) is 5.08. The van der Waals surface area contributed by atoms with Gasteiger partial charge in [0.25, 0.3) is 5.91 Å². The number of para-hydroxylation sites is 1. The van der Waals surface area contributed by atoms with Gasteiger partial charge in [-0.15, -0.1) is 0 Å². The van der Waals surface area contributed by atoms with Crippen LogP contribution in [0.1, 0.15) is 5.56 Å². The van der Waals surface area contributed by atoms with E-state index in [2.05, 4.69) is 15.9 Å². The molecule has 0 aliphatic carbocycles. The Balaban J connectivity index is 1.98. The van der Waals surface area contributed by atoms with Gasteiger partial charge in [-0.2, -0.15) is 0 Å². The smallest absolute Gasteiger partial charge is 0.270 e. The molecule has 128 valence electrons. The van der Waals surface area contributed by atoms with Gasteiger partial charge in [-0.25, -0.2) is 0 Å². The Kier molecular flexibility index (Phi) is 5.46. The van der Waals surface area contributed by atoms with Crippen molar-refractivity contribution in [3.63, 3.8) is 0 Å². The summed E-state index contributed by atoms with van der Waals surface area (Å²) in [5.41, 5.74) is 1.57. The van der Waals surface area contributed by atoms with Crippen LogP contribution >= 0.6 is 39.9 Å². The van der Waals surface area contributed by atoms with Crippen molar-refractivity contribution in [2.45, 2.75) is 0 Å². The Morgan fingerprint density at radius 1 is 1.12 bits per heavy atom. The van der Waals surface area contributed by atoms with Crippen LogP contribution in [0.2, 0.25) is 0 Å². The molecule has 7 heteroatoms. The van der Waals surface area contributed by atoms with Gasteiger partial charge in [0.2, 0.25) is 0 Å². The molecule has 3 rings (SSSR count). The minimum atomic E-state index is -0.136. The van der Waals surface area contributed by atoms with Gasteiger partial charge in [0, 0.05) is 4.47 Å². The quantitative estimate of drug-likeness (QED) is 0.505. The van der Waals surface area contributed by atoms with Crippen molar-refractivity contribution in [1.82, 2.24) is 0 Å². The van der Waals surface area contributed by atoms with Crippen molar-refractivity contribution in [3.8, 4) is 11.5 Å². The Hall–Kier alpha value is -1.83. The average Bonchev–Trinajstić information content (AvgIpc) is 2.90. The van der Waals surface area contributed by atoms with Gasteiger partial charge in [0.1, 0.15) is 0 Å². The number of halogens is 1. The SMILES string of the molecule is COc1cc(Br)c(/C=C2/SC(=S)N(c3ccccc3)C2=O)cc1OC. The van der Waals surface area contributed by atoms with E-state index in [9.17, 15) is 4.79 Å². The van der Waals surface area contributed by atoms with Gasteiger partial charge in [0.15, 0.2) is 15.8 Å². The number of thiocarbonyl (C=S) groups is 1. The number of amides is 1. The van der Waals surface area contributed by atoms with Gasteiger partial charge in [-0.3, -0.25) is 9.69 Å². The summed E-state index contributed by atoms with van der Waals surface area (Å²) in [6.07, 6.45) is 1.80. The lowest BCUT2D eigenvalue weighted by atomic mass is 10.1. The van der Waals surface area contributed by atoms with Crippen molar-refractivity contribution in [2.75, 3.05) is 19.1 Å². The maximum atomic E-state index is 12.8. The van der Waals surface area contributed by atoms with E-state index in [0.717, 1.165) is 15.7 Å². The number of methoxy groups -OCH3 is 2. The molecule has 25 heavy (non-hydrogen) atoms. The number of hydrogen-bond donors (Lipinski definition) is 0. The zero-order chi connectivity index (χ0) is 18.0. The van der Waals surface area contributed by atoms with E-state index in [1.54, 1.807) is 25.2 Å². The summed E-state index contributed by atoms with van der Waals surface area (Å²) in [6.45, 7) is 0. The Labute approximate surface area is 163 Å². The summed E-state index contributed by atoms with van der Waals surface area (Å²) in [7, 11) is 3.15. The van der Waals surface area contributed by atoms with Crippen LogP contribution in [0.3, 0.4) is 0 Å². The second-order valence-corrected chi connectivity index (χ2v) is 7.61. The van der Waals surface area contributed by atoms with Gasteiger partial charge >= 0.3 is 0 Å². The number of carbonyl (C=O) groups is 1. The highest BCUT2D eigenvalue weighted by Gasteiger charge is 2.33. The number of hydrogen-bond acceptors (Lipinski definition) is 5. The highest BCUT2D eigenvalue weighted by atomic mass is 79.9. The molecule has 1 heterocycles. The van der Waals surface area contributed by atoms with Crippen LogP contribution in [0.25, 0.3) is 6.08 Å². The molecule has 1 amide bonds. The van der Waals surface area contributed by atoms with E-state index in [1.165, 1.54) is 11.8 Å². The fourth-order valence-electron chi connectivity index (χ4n) is 2.39. The Morgan fingerprint density at radius 3 is 2.40 bits per heavy atom. The third kappa shape index (κ3) is 3.58. The average molecular weight is 436 g/mol. The molecule has 0 aromatic heterocycles. The van der Waals surface area contributed by atoms with Crippen LogP contribution in [-0.2, 0) is 4.79 Å². The minimum Gasteiger partial charge on any atom is -0.493 e. The predicted octanol–water partition coefficient (Wildman–Crippen LogP) is 4.87. The van der Waals surface area contributed by atoms with Gasteiger partial charge < -0.3 is 9.47 Å². The lowest BCUT2D eigenvalue weighted by Gasteiger charge is -2.14. The standard InChI is InChI=1S/C18H14BrNO3S2/c1-22-14-8-11(13(19)10-15(14)23-2)9-16-17(21)20(18(24)25-16)12-6-4-3-5-7-12/h3-10H,1-2H3/b16-9+. The molecule has 2 aromatic rings. The highest BCUT2D eigenvalue weighted by Crippen LogP contribution is 2.39. The van der Waals surface area contributed by atoms with E-state index >= 15 is 0 Å². The molecule has 1 aliphatic heterocycles. The van der Waals surface area contributed by atoms with E-state index in [-0.39, 0.29) is 5.91 Å². The van der Waals surface area contributed by atoms with Crippen molar-refractivity contribution in [3.05, 3.63) is 57.4 Å². The molecule has 1 saturated heterocycles. The predicted molar refractivity (Wildman–Crippen MR) is 109 cm³/mol. The summed E-state index contributed by atoms with van der Waals surface area (Å²) in [4.78, 5) is 14.9. The molecule has 1 aliphatic rings. The normalized spacial score (nSPS) is 15.8. The minimum absolute atomic E-state index is 0.136. The van der Waals surface area contributed by atoms with Gasteiger partial charge in [-0.05, 0) is 35.9 Å². The number of carbonyl (C=O) groups excluding carboxylic acids is 1. The number of ether oxygens (including phenoxy) is 2. The van der Waals surface area contributed by atoms with Crippen molar-refractivity contribution >= 4 is 61.9 Å². The van der Waals surface area contributed by atoms with Crippen LogP contribution in [0, 0.1) is 0 Å². The molecule has 0 radical (unpaired) electrons. The van der Waals surface area contributed by atoms with Crippen LogP contribution in [0.5, 0.6) is 11.5 Å². The van der Waals surface area contributed by atoms with E-state index < -0.39 is 0 Å². The van der Waals surface area contributed by atoms with E-state index in [4.69, 9.17) is 21.7 Å². The molecule has 4 nitrogen and oxygen atoms in total. The third-order valence-electron chi connectivity index (χ3n) is 3.60. The van der Waals surface area contributed by atoms with E-state index in [0.29, 0.717) is 20.7 Å². The summed E-state index contributed by atoms with van der Waals surface area (Å²) in [6, 6.07) is 13.0. The molecule has 2 aromatic carbocycles. The Morgan fingerprint density at radius 2 is 1.76 bits per heavy atom. The molecular weight excluding hydrogens is 422 g/mol. The van der Waals surface area contributed by atoms with E-state index in [1.807, 2.05) is 42.5 Å². The second kappa shape index (κ2) is 7.59. The first-order valence-electron chi connectivity index (χ1n) is 7.29. The fraction of sp³-hybridized carbons (Fsp3) is 0.111. The van der Waals surface area contributed by atoms with Gasteiger partial charge in [0.05, 0.1) is 24.8 Å². The van der Waals surface area contributed by atoms with Crippen molar-refractivity contribution in [1.29, 1.82) is 0 Å². The van der Waals surface area contributed by atoms with Crippen molar-refractivity contribution in [2.24, 2.45) is 0 Å². The third-order valence-corrected chi connectivity index (χ3v) is 5.59. The maximum Gasteiger partial charge on any atom is 0.270 e. The highest BCUT2D eigenvalue weighted by molar-refractivity contribution is 9.10. The van der Waals surface area contributed by atoms with Crippen molar-refractivity contribution < 1.29 is 14.3 Å². The fourth-order valence-corrected chi connectivity index (χ4v) is 4.12. The zero-order valence-electron chi connectivity index (χ0n) is 13.5. The molecule has 0 atom stereocenters. The van der Waals surface area contributed by atoms with Crippen LogP contribution < -0.4 is 14.4 Å². The molecule has 0 bridgehead atoms. The number of nitrogens with zero attached hydrogens (tertiary/aromatic N) is 1. The molecular formula is C18H14BrNO3S2. The first-order chi connectivity index (χ1) is 12.0. The molecule has 0 N–H and O–H groups in total. The lowest BCUT2D eigenvalue weighted by Crippen LogP contribution is -2.27. The molecule has 1 fully saturated rings.